The van der Waals surface area contributed by atoms with Crippen molar-refractivity contribution in [2.45, 2.75) is 71.4 Å². The highest BCUT2D eigenvalue weighted by Gasteiger charge is 2.29. The molecule has 2 aromatic rings. The van der Waals surface area contributed by atoms with Crippen molar-refractivity contribution >= 4 is 18.2 Å². The molecule has 0 aliphatic heterocycles. The summed E-state index contributed by atoms with van der Waals surface area (Å²) in [6, 6.07) is 15.2. The number of fused-ring (bicyclic) bond motifs is 3. The summed E-state index contributed by atoms with van der Waals surface area (Å²) in [5.74, 6) is -1.14. The second-order valence-corrected chi connectivity index (χ2v) is 9.29. The zero-order valence-corrected chi connectivity index (χ0v) is 21.8. The number of rotatable bonds is 9. The minimum absolute atomic E-state index is 0.00611. The first-order valence-electron chi connectivity index (χ1n) is 12.5. The van der Waals surface area contributed by atoms with Gasteiger partial charge in [-0.05, 0) is 62.3 Å². The number of carbonyl (C=O) groups excluding carboxylic acids is 2. The SMILES string of the molecule is CC.CC(C)(C)OC(=O)NC(CCCCNC(=O)OCC1c2ccccc2-c2ccccc21)C(=O)O. The van der Waals surface area contributed by atoms with Crippen molar-refractivity contribution in [1.82, 2.24) is 10.6 Å². The topological polar surface area (TPSA) is 114 Å². The molecule has 2 aromatic carbocycles. The molecular formula is C28H38N2O6. The summed E-state index contributed by atoms with van der Waals surface area (Å²) in [6.45, 7) is 9.70. The fourth-order valence-electron chi connectivity index (χ4n) is 4.02. The molecule has 8 nitrogen and oxygen atoms in total. The number of ether oxygens (including phenoxy) is 2. The molecule has 0 saturated heterocycles. The monoisotopic (exact) mass is 498 g/mol. The summed E-state index contributed by atoms with van der Waals surface area (Å²) in [6.07, 6.45) is -0.0124. The van der Waals surface area contributed by atoms with Gasteiger partial charge in [0.25, 0.3) is 0 Å². The van der Waals surface area contributed by atoms with Crippen molar-refractivity contribution in [1.29, 1.82) is 0 Å². The predicted octanol–water partition coefficient (Wildman–Crippen LogP) is 5.70. The molecule has 0 heterocycles. The van der Waals surface area contributed by atoms with E-state index < -0.39 is 29.8 Å². The molecule has 1 atom stereocenters. The molecule has 0 fully saturated rings. The Balaban J connectivity index is 0.00000222. The van der Waals surface area contributed by atoms with Crippen LogP contribution in [0.25, 0.3) is 11.1 Å². The van der Waals surface area contributed by atoms with E-state index in [1.165, 1.54) is 11.1 Å². The number of carbonyl (C=O) groups is 3. The van der Waals surface area contributed by atoms with E-state index in [0.717, 1.165) is 11.1 Å². The molecule has 3 rings (SSSR count). The first-order chi connectivity index (χ1) is 17.2. The van der Waals surface area contributed by atoms with Gasteiger partial charge in [0, 0.05) is 12.5 Å². The molecule has 0 radical (unpaired) electrons. The Morgan fingerprint density at radius 2 is 1.47 bits per heavy atom. The van der Waals surface area contributed by atoms with Crippen molar-refractivity contribution < 1.29 is 29.0 Å². The van der Waals surface area contributed by atoms with E-state index >= 15 is 0 Å². The summed E-state index contributed by atoms with van der Waals surface area (Å²) >= 11 is 0. The molecular weight excluding hydrogens is 460 g/mol. The van der Waals surface area contributed by atoms with Crippen LogP contribution >= 0.6 is 0 Å². The second-order valence-electron chi connectivity index (χ2n) is 9.29. The van der Waals surface area contributed by atoms with E-state index in [9.17, 15) is 19.5 Å². The van der Waals surface area contributed by atoms with Crippen LogP contribution in [-0.2, 0) is 14.3 Å². The third-order valence-corrected chi connectivity index (χ3v) is 5.52. The molecule has 0 bridgehead atoms. The molecule has 196 valence electrons. The number of aliphatic carboxylic acids is 1. The average Bonchev–Trinajstić information content (AvgIpc) is 3.15. The highest BCUT2D eigenvalue weighted by Crippen LogP contribution is 2.44. The maximum Gasteiger partial charge on any atom is 0.408 e. The van der Waals surface area contributed by atoms with Crippen molar-refractivity contribution in [3.05, 3.63) is 59.7 Å². The third kappa shape index (κ3) is 8.29. The number of nitrogens with one attached hydrogen (secondary N) is 2. The molecule has 2 amide bonds. The predicted molar refractivity (Wildman–Crippen MR) is 139 cm³/mol. The van der Waals surface area contributed by atoms with Crippen LogP contribution in [-0.4, -0.2) is 48.1 Å². The van der Waals surface area contributed by atoms with E-state index in [1.807, 2.05) is 38.1 Å². The molecule has 0 spiro atoms. The molecule has 1 unspecified atom stereocenters. The van der Waals surface area contributed by atoms with E-state index in [2.05, 4.69) is 34.9 Å². The van der Waals surface area contributed by atoms with Crippen LogP contribution in [0.3, 0.4) is 0 Å². The number of hydrogen-bond acceptors (Lipinski definition) is 5. The number of hydrogen-bond donors (Lipinski definition) is 3. The Kier molecular flexibility index (Phi) is 10.8. The molecule has 8 heteroatoms. The molecule has 3 N–H and O–H groups in total. The van der Waals surface area contributed by atoms with Gasteiger partial charge in [0.05, 0.1) is 0 Å². The average molecular weight is 499 g/mol. The second kappa shape index (κ2) is 13.5. The van der Waals surface area contributed by atoms with Gasteiger partial charge in [-0.15, -0.1) is 0 Å². The van der Waals surface area contributed by atoms with Gasteiger partial charge >= 0.3 is 18.2 Å². The lowest BCUT2D eigenvalue weighted by Gasteiger charge is -2.22. The highest BCUT2D eigenvalue weighted by atomic mass is 16.6. The third-order valence-electron chi connectivity index (χ3n) is 5.52. The molecule has 0 aromatic heterocycles. The van der Waals surface area contributed by atoms with Crippen LogP contribution < -0.4 is 10.6 Å². The summed E-state index contributed by atoms with van der Waals surface area (Å²) in [5, 5.41) is 14.4. The van der Waals surface area contributed by atoms with Gasteiger partial charge in [0.15, 0.2) is 0 Å². The zero-order chi connectivity index (χ0) is 26.7. The summed E-state index contributed by atoms with van der Waals surface area (Å²) in [5.41, 5.74) is 3.92. The molecule has 1 aliphatic rings. The lowest BCUT2D eigenvalue weighted by Crippen LogP contribution is -2.43. The molecule has 1 aliphatic carbocycles. The van der Waals surface area contributed by atoms with Gasteiger partial charge in [0.1, 0.15) is 18.2 Å². The Morgan fingerprint density at radius 3 is 2.00 bits per heavy atom. The lowest BCUT2D eigenvalue weighted by atomic mass is 9.98. The first-order valence-corrected chi connectivity index (χ1v) is 12.5. The van der Waals surface area contributed by atoms with Gasteiger partial charge in [-0.1, -0.05) is 62.4 Å². The largest absolute Gasteiger partial charge is 0.480 e. The number of benzene rings is 2. The summed E-state index contributed by atoms with van der Waals surface area (Å²) in [7, 11) is 0. The lowest BCUT2D eigenvalue weighted by molar-refractivity contribution is -0.139. The van der Waals surface area contributed by atoms with Gasteiger partial charge in [-0.25, -0.2) is 14.4 Å². The maximum atomic E-state index is 12.2. The fraction of sp³-hybridized carbons (Fsp3) is 0.464. The standard InChI is InChI=1S/C26H32N2O6.C2H6/c1-26(2,3)34-25(32)28-22(23(29)30)14-8-9-15-27-24(31)33-16-21-19-12-6-4-10-17(19)18-11-5-7-13-20(18)21;1-2/h4-7,10-13,21-22H,8-9,14-16H2,1-3H3,(H,27,31)(H,28,32)(H,29,30);1-2H3. The summed E-state index contributed by atoms with van der Waals surface area (Å²) in [4.78, 5) is 35.4. The van der Waals surface area contributed by atoms with Crippen molar-refractivity contribution in [2.24, 2.45) is 0 Å². The van der Waals surface area contributed by atoms with Crippen molar-refractivity contribution in [3.63, 3.8) is 0 Å². The quantitative estimate of drug-likeness (QED) is 0.382. The van der Waals surface area contributed by atoms with Crippen molar-refractivity contribution in [3.8, 4) is 11.1 Å². The Hall–Kier alpha value is -3.55. The number of carboxylic acid groups (broad SMARTS) is 1. The van der Waals surface area contributed by atoms with Crippen LogP contribution in [0.15, 0.2) is 48.5 Å². The van der Waals surface area contributed by atoms with Gasteiger partial charge in [0.2, 0.25) is 0 Å². The smallest absolute Gasteiger partial charge is 0.408 e. The number of amides is 2. The summed E-state index contributed by atoms with van der Waals surface area (Å²) < 4.78 is 10.6. The first kappa shape index (κ1) is 28.7. The number of alkyl carbamates (subject to hydrolysis) is 2. The van der Waals surface area contributed by atoms with Crippen LogP contribution in [0.4, 0.5) is 9.59 Å². The normalized spacial score (nSPS) is 12.8. The van der Waals surface area contributed by atoms with E-state index in [1.54, 1.807) is 20.8 Å². The molecule has 0 saturated carbocycles. The van der Waals surface area contributed by atoms with E-state index in [4.69, 9.17) is 9.47 Å². The van der Waals surface area contributed by atoms with Gasteiger partial charge in [-0.3, -0.25) is 0 Å². The van der Waals surface area contributed by atoms with E-state index in [-0.39, 0.29) is 18.9 Å². The number of unbranched alkanes of at least 4 members (excludes halogenated alkanes) is 1. The highest BCUT2D eigenvalue weighted by molar-refractivity contribution is 5.80. The van der Waals surface area contributed by atoms with Crippen LogP contribution in [0, 0.1) is 0 Å². The Labute approximate surface area is 213 Å². The van der Waals surface area contributed by atoms with Crippen LogP contribution in [0.5, 0.6) is 0 Å². The minimum atomic E-state index is -1.13. The van der Waals surface area contributed by atoms with Gasteiger partial charge in [-0.2, -0.15) is 0 Å². The van der Waals surface area contributed by atoms with Crippen molar-refractivity contribution in [2.75, 3.05) is 13.2 Å². The number of carboxylic acids is 1. The minimum Gasteiger partial charge on any atom is -0.480 e. The zero-order valence-electron chi connectivity index (χ0n) is 21.8. The molecule has 36 heavy (non-hydrogen) atoms. The van der Waals surface area contributed by atoms with E-state index in [0.29, 0.717) is 19.4 Å². The maximum absolute atomic E-state index is 12.2. The Bertz CT molecular complexity index is 985. The van der Waals surface area contributed by atoms with Gasteiger partial charge < -0.3 is 25.2 Å². The van der Waals surface area contributed by atoms with Crippen LogP contribution in [0.2, 0.25) is 0 Å². The fourth-order valence-corrected chi connectivity index (χ4v) is 4.02. The van der Waals surface area contributed by atoms with Crippen LogP contribution in [0.1, 0.15) is 70.9 Å². The Morgan fingerprint density at radius 1 is 0.917 bits per heavy atom.